The largest absolute Gasteiger partial charge is 0.504 e. The Morgan fingerprint density at radius 3 is 2.80 bits per heavy atom. The van der Waals surface area contributed by atoms with Gasteiger partial charge < -0.3 is 20.5 Å². The Morgan fingerprint density at radius 1 is 1.44 bits per heavy atom. The van der Waals surface area contributed by atoms with Crippen LogP contribution >= 0.6 is 11.8 Å². The molecule has 0 atom stereocenters. The lowest BCUT2D eigenvalue weighted by Gasteiger charge is -2.31. The van der Waals surface area contributed by atoms with Crippen molar-refractivity contribution in [3.8, 4) is 11.5 Å². The maximum absolute atomic E-state index is 12.2. The zero-order valence-corrected chi connectivity index (χ0v) is 14.6. The quantitative estimate of drug-likeness (QED) is 0.792. The van der Waals surface area contributed by atoms with E-state index in [1.165, 1.54) is 24.9 Å². The van der Waals surface area contributed by atoms with Crippen LogP contribution in [0.1, 0.15) is 18.4 Å². The van der Waals surface area contributed by atoms with Crippen LogP contribution in [-0.2, 0) is 9.59 Å². The number of methoxy groups -OCH3 is 1. The molecule has 0 aromatic heterocycles. The van der Waals surface area contributed by atoms with Crippen LogP contribution < -0.4 is 10.5 Å². The van der Waals surface area contributed by atoms with Crippen LogP contribution in [0.4, 0.5) is 0 Å². The van der Waals surface area contributed by atoms with Gasteiger partial charge in [0.2, 0.25) is 5.91 Å². The Balaban J connectivity index is 1.70. The molecule has 2 aliphatic rings. The molecule has 1 aromatic rings. The number of aliphatic imine (C=N–C) groups is 1. The Labute approximate surface area is 149 Å². The number of carbonyl (C=O) groups is 2. The molecule has 8 heteroatoms. The van der Waals surface area contributed by atoms with Crippen molar-refractivity contribution in [1.29, 1.82) is 0 Å². The molecule has 1 aromatic carbocycles. The number of likely N-dealkylation sites (tertiary alicyclic amines) is 1. The van der Waals surface area contributed by atoms with Crippen molar-refractivity contribution in [2.24, 2.45) is 16.6 Å². The summed E-state index contributed by atoms with van der Waals surface area (Å²) >= 11 is 1.32. The fourth-order valence-electron chi connectivity index (χ4n) is 2.82. The number of amidine groups is 1. The molecule has 7 nitrogen and oxygen atoms in total. The molecule has 25 heavy (non-hydrogen) atoms. The van der Waals surface area contributed by atoms with Gasteiger partial charge in [0.15, 0.2) is 16.7 Å². The van der Waals surface area contributed by atoms with Gasteiger partial charge in [-0.05, 0) is 48.4 Å². The number of ether oxygens (including phenoxy) is 1. The average molecular weight is 361 g/mol. The second kappa shape index (κ2) is 7.18. The fraction of sp³-hybridized carbons (Fsp3) is 0.353. The van der Waals surface area contributed by atoms with E-state index in [0.717, 1.165) is 5.56 Å². The van der Waals surface area contributed by atoms with Crippen molar-refractivity contribution in [3.63, 3.8) is 0 Å². The molecule has 132 valence electrons. The summed E-state index contributed by atoms with van der Waals surface area (Å²) in [5.74, 6) is -0.259. The Bertz CT molecular complexity index is 767. The van der Waals surface area contributed by atoms with E-state index in [-0.39, 0.29) is 23.5 Å². The number of rotatable bonds is 3. The maximum atomic E-state index is 12.2. The van der Waals surface area contributed by atoms with E-state index in [9.17, 15) is 14.7 Å². The van der Waals surface area contributed by atoms with Crippen LogP contribution in [0.5, 0.6) is 11.5 Å². The molecule has 0 radical (unpaired) electrons. The van der Waals surface area contributed by atoms with E-state index in [4.69, 9.17) is 10.5 Å². The molecule has 0 unspecified atom stereocenters. The molecule has 2 heterocycles. The highest BCUT2D eigenvalue weighted by Gasteiger charge is 2.30. The summed E-state index contributed by atoms with van der Waals surface area (Å²) in [6, 6.07) is 4.88. The number of hydrogen-bond acceptors (Lipinski definition) is 6. The lowest BCUT2D eigenvalue weighted by atomic mass is 9.97. The van der Waals surface area contributed by atoms with Crippen molar-refractivity contribution in [2.45, 2.75) is 12.8 Å². The van der Waals surface area contributed by atoms with E-state index in [1.54, 1.807) is 18.2 Å². The van der Waals surface area contributed by atoms with Gasteiger partial charge in [0.1, 0.15) is 0 Å². The van der Waals surface area contributed by atoms with Crippen LogP contribution in [0.2, 0.25) is 0 Å². The number of nitrogens with zero attached hydrogens (tertiary/aromatic N) is 2. The van der Waals surface area contributed by atoms with Gasteiger partial charge in [-0.1, -0.05) is 6.07 Å². The van der Waals surface area contributed by atoms with Gasteiger partial charge in [0.25, 0.3) is 5.91 Å². The first-order chi connectivity index (χ1) is 12.0. The number of aromatic hydroxyl groups is 1. The van der Waals surface area contributed by atoms with Crippen molar-refractivity contribution in [1.82, 2.24) is 4.90 Å². The van der Waals surface area contributed by atoms with Gasteiger partial charge in [0, 0.05) is 19.0 Å². The minimum atomic E-state index is -0.288. The third kappa shape index (κ3) is 3.79. The summed E-state index contributed by atoms with van der Waals surface area (Å²) in [6.07, 6.45) is 3.08. The summed E-state index contributed by atoms with van der Waals surface area (Å²) in [5, 5.41) is 10.3. The monoisotopic (exact) mass is 361 g/mol. The molecule has 1 fully saturated rings. The summed E-state index contributed by atoms with van der Waals surface area (Å²) in [6.45, 7) is 1.32. The number of hydrogen-bond donors (Lipinski definition) is 2. The van der Waals surface area contributed by atoms with Crippen molar-refractivity contribution >= 4 is 34.8 Å². The molecule has 3 N–H and O–H groups in total. The molecule has 1 saturated heterocycles. The topological polar surface area (TPSA) is 105 Å². The number of piperidine rings is 1. The summed E-state index contributed by atoms with van der Waals surface area (Å²) in [5.41, 5.74) is 6.09. The van der Waals surface area contributed by atoms with Crippen LogP contribution in [0.3, 0.4) is 0 Å². The van der Waals surface area contributed by atoms with Crippen molar-refractivity contribution < 1.29 is 19.4 Å². The molecule has 0 aliphatic carbocycles. The normalized spacial score (nSPS) is 20.0. The van der Waals surface area contributed by atoms with Gasteiger partial charge in [-0.3, -0.25) is 9.59 Å². The zero-order valence-electron chi connectivity index (χ0n) is 13.8. The van der Waals surface area contributed by atoms with E-state index in [1.807, 2.05) is 4.90 Å². The predicted molar refractivity (Wildman–Crippen MR) is 96.2 cm³/mol. The van der Waals surface area contributed by atoms with Crippen LogP contribution in [0, 0.1) is 5.92 Å². The third-order valence-corrected chi connectivity index (χ3v) is 5.32. The first kappa shape index (κ1) is 17.3. The standard InChI is InChI=1S/C17H19N3O4S/c1-24-13-8-10(2-3-12(13)21)9-14-16(23)19-17(25-14)20-6-4-11(5-7-20)15(18)22/h2-3,8-9,11,21H,4-7H2,1H3,(H2,18,22). The first-order valence-corrected chi connectivity index (χ1v) is 8.73. The molecule has 2 amide bonds. The number of benzene rings is 1. The molecule has 0 bridgehead atoms. The van der Waals surface area contributed by atoms with E-state index < -0.39 is 0 Å². The minimum absolute atomic E-state index is 0.0457. The number of thioether (sulfide) groups is 1. The maximum Gasteiger partial charge on any atom is 0.286 e. The predicted octanol–water partition coefficient (Wildman–Crippen LogP) is 1.57. The summed E-state index contributed by atoms with van der Waals surface area (Å²) in [7, 11) is 1.47. The molecule has 0 saturated carbocycles. The van der Waals surface area contributed by atoms with E-state index in [0.29, 0.717) is 41.8 Å². The second-order valence-electron chi connectivity index (χ2n) is 5.91. The number of phenolic OH excluding ortho intramolecular Hbond substituents is 1. The van der Waals surface area contributed by atoms with Gasteiger partial charge in [-0.2, -0.15) is 4.99 Å². The van der Waals surface area contributed by atoms with E-state index >= 15 is 0 Å². The molecule has 0 spiro atoms. The molecule has 3 rings (SSSR count). The van der Waals surface area contributed by atoms with E-state index in [2.05, 4.69) is 4.99 Å². The summed E-state index contributed by atoms with van der Waals surface area (Å²) in [4.78, 5) is 30.1. The minimum Gasteiger partial charge on any atom is -0.504 e. The Morgan fingerprint density at radius 2 is 2.16 bits per heavy atom. The zero-order chi connectivity index (χ0) is 18.0. The van der Waals surface area contributed by atoms with Crippen LogP contribution in [-0.4, -0.2) is 47.2 Å². The SMILES string of the molecule is COc1cc(C=C2SC(N3CCC(C(N)=O)CC3)=NC2=O)ccc1O. The summed E-state index contributed by atoms with van der Waals surface area (Å²) < 4.78 is 5.08. The molecule has 2 aliphatic heterocycles. The molecular formula is C17H19N3O4S. The van der Waals surface area contributed by atoms with Crippen LogP contribution in [0.15, 0.2) is 28.1 Å². The van der Waals surface area contributed by atoms with Gasteiger partial charge >= 0.3 is 0 Å². The highest BCUT2D eigenvalue weighted by molar-refractivity contribution is 8.18. The first-order valence-electron chi connectivity index (χ1n) is 7.91. The smallest absolute Gasteiger partial charge is 0.286 e. The Hall–Kier alpha value is -2.48. The number of amides is 2. The highest BCUT2D eigenvalue weighted by Crippen LogP contribution is 2.34. The Kier molecular flexibility index (Phi) is 4.98. The van der Waals surface area contributed by atoms with Crippen molar-refractivity contribution in [3.05, 3.63) is 28.7 Å². The number of primary amides is 1. The molecular weight excluding hydrogens is 342 g/mol. The van der Waals surface area contributed by atoms with Gasteiger partial charge in [0.05, 0.1) is 12.0 Å². The second-order valence-corrected chi connectivity index (χ2v) is 6.91. The number of nitrogens with two attached hydrogens (primary N) is 1. The van der Waals surface area contributed by atoms with Crippen molar-refractivity contribution in [2.75, 3.05) is 20.2 Å². The third-order valence-electron chi connectivity index (χ3n) is 4.28. The average Bonchev–Trinajstić information content (AvgIpc) is 2.97. The lowest BCUT2D eigenvalue weighted by Crippen LogP contribution is -2.40. The fourth-order valence-corrected chi connectivity index (χ4v) is 3.79. The number of carbonyl (C=O) groups excluding carboxylic acids is 2. The van der Waals surface area contributed by atoms with Gasteiger partial charge in [-0.25, -0.2) is 0 Å². The van der Waals surface area contributed by atoms with Crippen LogP contribution in [0.25, 0.3) is 6.08 Å². The van der Waals surface area contributed by atoms with Gasteiger partial charge in [-0.15, -0.1) is 0 Å². The number of phenols is 1. The lowest BCUT2D eigenvalue weighted by molar-refractivity contribution is -0.123. The highest BCUT2D eigenvalue weighted by atomic mass is 32.2.